The molecule has 0 heterocycles. The first kappa shape index (κ1) is 20.8. The Hall–Kier alpha value is -2.24. The predicted molar refractivity (Wildman–Crippen MR) is 95.9 cm³/mol. The van der Waals surface area contributed by atoms with Gasteiger partial charge in [-0.3, -0.25) is 9.59 Å². The third-order valence-corrected chi connectivity index (χ3v) is 3.85. The molecule has 6 nitrogen and oxygen atoms in total. The van der Waals surface area contributed by atoms with Crippen molar-refractivity contribution in [2.45, 2.75) is 33.1 Å². The Balaban J connectivity index is 2.74. The normalized spacial score (nSPS) is 10.5. The Morgan fingerprint density at radius 2 is 1.80 bits per heavy atom. The molecule has 0 aliphatic heterocycles. The highest BCUT2D eigenvalue weighted by Gasteiger charge is 2.17. The van der Waals surface area contributed by atoms with Crippen LogP contribution >= 0.6 is 0 Å². The summed E-state index contributed by atoms with van der Waals surface area (Å²) in [6.45, 7) is 5.08. The fourth-order valence-corrected chi connectivity index (χ4v) is 2.56. The molecule has 1 aromatic carbocycles. The zero-order chi connectivity index (χ0) is 18.8. The molecule has 6 heteroatoms. The number of hydrogen-bond donors (Lipinski definition) is 0. The highest BCUT2D eigenvalue weighted by atomic mass is 16.5. The van der Waals surface area contributed by atoms with Gasteiger partial charge in [0.25, 0.3) is 0 Å². The molecule has 0 saturated heterocycles. The van der Waals surface area contributed by atoms with Crippen LogP contribution in [0.25, 0.3) is 0 Å². The molecule has 0 fully saturated rings. The molecule has 1 rings (SSSR count). The van der Waals surface area contributed by atoms with Crippen LogP contribution in [-0.4, -0.2) is 51.2 Å². The van der Waals surface area contributed by atoms with Crippen molar-refractivity contribution < 1.29 is 23.8 Å². The van der Waals surface area contributed by atoms with Gasteiger partial charge in [0.15, 0.2) is 0 Å². The van der Waals surface area contributed by atoms with Gasteiger partial charge in [-0.25, -0.2) is 0 Å². The topological polar surface area (TPSA) is 65.1 Å². The number of carbonyl (C=O) groups is 2. The summed E-state index contributed by atoms with van der Waals surface area (Å²) >= 11 is 0. The average molecular weight is 351 g/mol. The van der Waals surface area contributed by atoms with Crippen LogP contribution in [0.15, 0.2) is 18.2 Å². The Morgan fingerprint density at radius 3 is 2.36 bits per heavy atom. The van der Waals surface area contributed by atoms with E-state index in [1.807, 2.05) is 32.0 Å². The number of nitrogens with zero attached hydrogens (tertiary/aromatic N) is 1. The number of esters is 1. The van der Waals surface area contributed by atoms with Gasteiger partial charge >= 0.3 is 5.97 Å². The maximum absolute atomic E-state index is 12.6. The minimum absolute atomic E-state index is 0.0162. The molecule has 0 saturated carbocycles. The summed E-state index contributed by atoms with van der Waals surface area (Å²) in [5.41, 5.74) is 0.924. The van der Waals surface area contributed by atoms with Crippen LogP contribution in [0.4, 0.5) is 0 Å². The van der Waals surface area contributed by atoms with Crippen molar-refractivity contribution in [2.75, 3.05) is 34.4 Å². The zero-order valence-corrected chi connectivity index (χ0v) is 15.8. The molecule has 0 N–H and O–H groups in total. The van der Waals surface area contributed by atoms with E-state index in [-0.39, 0.29) is 18.3 Å². The second-order valence-corrected chi connectivity index (χ2v) is 6.24. The fourth-order valence-electron chi connectivity index (χ4n) is 2.56. The van der Waals surface area contributed by atoms with Gasteiger partial charge in [0, 0.05) is 19.5 Å². The summed E-state index contributed by atoms with van der Waals surface area (Å²) < 4.78 is 15.3. The summed E-state index contributed by atoms with van der Waals surface area (Å²) in [4.78, 5) is 25.7. The van der Waals surface area contributed by atoms with E-state index in [9.17, 15) is 9.59 Å². The molecule has 1 aromatic rings. The summed E-state index contributed by atoms with van der Waals surface area (Å²) in [7, 11) is 4.56. The molecule has 140 valence electrons. The zero-order valence-electron chi connectivity index (χ0n) is 15.8. The molecule has 1 amide bonds. The quantitative estimate of drug-likeness (QED) is 0.607. The van der Waals surface area contributed by atoms with Crippen LogP contribution in [-0.2, 0) is 20.7 Å². The van der Waals surface area contributed by atoms with E-state index in [2.05, 4.69) is 4.74 Å². The Kier molecular flexibility index (Phi) is 8.81. The first-order valence-electron chi connectivity index (χ1n) is 8.46. The van der Waals surface area contributed by atoms with Crippen molar-refractivity contribution in [3.05, 3.63) is 23.8 Å². The molecule has 0 aromatic heterocycles. The number of rotatable bonds is 10. The van der Waals surface area contributed by atoms with Gasteiger partial charge in [0.1, 0.15) is 11.5 Å². The van der Waals surface area contributed by atoms with Crippen molar-refractivity contribution in [3.63, 3.8) is 0 Å². The maximum Gasteiger partial charge on any atom is 0.307 e. The van der Waals surface area contributed by atoms with E-state index < -0.39 is 0 Å². The van der Waals surface area contributed by atoms with Crippen molar-refractivity contribution in [3.8, 4) is 11.5 Å². The van der Waals surface area contributed by atoms with E-state index in [0.717, 1.165) is 17.1 Å². The van der Waals surface area contributed by atoms with Gasteiger partial charge in [-0.15, -0.1) is 0 Å². The smallest absolute Gasteiger partial charge is 0.307 e. The van der Waals surface area contributed by atoms with Gasteiger partial charge in [0.05, 0.1) is 27.8 Å². The molecule has 0 spiro atoms. The Labute approximate surface area is 150 Å². The SMILES string of the molecule is COC(=O)CCN(CC(C)C)C(=O)CCc1cc(OC)ccc1OC. The second-order valence-electron chi connectivity index (χ2n) is 6.24. The summed E-state index contributed by atoms with van der Waals surface area (Å²) in [6, 6.07) is 5.54. The minimum atomic E-state index is -0.309. The molecule has 0 unspecified atom stereocenters. The maximum atomic E-state index is 12.6. The number of hydrogen-bond acceptors (Lipinski definition) is 5. The van der Waals surface area contributed by atoms with Crippen LogP contribution in [0, 0.1) is 5.92 Å². The molecular weight excluding hydrogens is 322 g/mol. The monoisotopic (exact) mass is 351 g/mol. The van der Waals surface area contributed by atoms with Crippen molar-refractivity contribution in [1.29, 1.82) is 0 Å². The molecule has 0 aliphatic carbocycles. The Bertz CT molecular complexity index is 571. The summed E-state index contributed by atoms with van der Waals surface area (Å²) in [5.74, 6) is 1.50. The van der Waals surface area contributed by atoms with Crippen LogP contribution in [0.3, 0.4) is 0 Å². The Morgan fingerprint density at radius 1 is 1.08 bits per heavy atom. The molecule has 0 radical (unpaired) electrons. The average Bonchev–Trinajstić information content (AvgIpc) is 2.61. The molecule has 0 bridgehead atoms. The number of ether oxygens (including phenoxy) is 3. The minimum Gasteiger partial charge on any atom is -0.497 e. The fraction of sp³-hybridized carbons (Fsp3) is 0.579. The lowest BCUT2D eigenvalue weighted by Crippen LogP contribution is -2.36. The lowest BCUT2D eigenvalue weighted by atomic mass is 10.1. The van der Waals surface area contributed by atoms with Gasteiger partial charge in [-0.2, -0.15) is 0 Å². The third-order valence-electron chi connectivity index (χ3n) is 3.85. The van der Waals surface area contributed by atoms with E-state index in [1.54, 1.807) is 19.1 Å². The van der Waals surface area contributed by atoms with Crippen molar-refractivity contribution >= 4 is 11.9 Å². The summed E-state index contributed by atoms with van der Waals surface area (Å²) in [6.07, 6.45) is 1.10. The van der Waals surface area contributed by atoms with E-state index in [4.69, 9.17) is 9.47 Å². The second kappa shape index (κ2) is 10.6. The van der Waals surface area contributed by atoms with Crippen LogP contribution in [0.1, 0.15) is 32.3 Å². The first-order valence-corrected chi connectivity index (χ1v) is 8.46. The van der Waals surface area contributed by atoms with Crippen molar-refractivity contribution in [2.24, 2.45) is 5.92 Å². The number of carbonyl (C=O) groups excluding carboxylic acids is 2. The number of amides is 1. The molecular formula is C19H29NO5. The first-order chi connectivity index (χ1) is 11.9. The van der Waals surface area contributed by atoms with Crippen molar-refractivity contribution in [1.82, 2.24) is 4.90 Å². The van der Waals surface area contributed by atoms with Crippen LogP contribution < -0.4 is 9.47 Å². The highest BCUT2D eigenvalue weighted by Crippen LogP contribution is 2.25. The number of methoxy groups -OCH3 is 3. The van der Waals surface area contributed by atoms with Gasteiger partial charge < -0.3 is 19.1 Å². The van der Waals surface area contributed by atoms with Crippen LogP contribution in [0.5, 0.6) is 11.5 Å². The largest absolute Gasteiger partial charge is 0.497 e. The number of aryl methyl sites for hydroxylation is 1. The van der Waals surface area contributed by atoms with Crippen LogP contribution in [0.2, 0.25) is 0 Å². The van der Waals surface area contributed by atoms with Gasteiger partial charge in [0.2, 0.25) is 5.91 Å². The lowest BCUT2D eigenvalue weighted by Gasteiger charge is -2.24. The third kappa shape index (κ3) is 7.03. The lowest BCUT2D eigenvalue weighted by molar-refractivity contribution is -0.141. The number of benzene rings is 1. The molecule has 0 atom stereocenters. The standard InChI is InChI=1S/C19H29NO5/c1-14(2)13-20(11-10-19(22)25-5)18(21)9-6-15-12-16(23-3)7-8-17(15)24-4/h7-8,12,14H,6,9-11,13H2,1-5H3. The van der Waals surface area contributed by atoms with Gasteiger partial charge in [-0.05, 0) is 36.1 Å². The predicted octanol–water partition coefficient (Wildman–Crippen LogP) is 2.68. The highest BCUT2D eigenvalue weighted by molar-refractivity contribution is 5.77. The van der Waals surface area contributed by atoms with E-state index in [1.165, 1.54) is 7.11 Å². The van der Waals surface area contributed by atoms with E-state index in [0.29, 0.717) is 31.8 Å². The molecule has 0 aliphatic rings. The van der Waals surface area contributed by atoms with Gasteiger partial charge in [-0.1, -0.05) is 13.8 Å². The molecule has 25 heavy (non-hydrogen) atoms. The van der Waals surface area contributed by atoms with E-state index >= 15 is 0 Å². The summed E-state index contributed by atoms with van der Waals surface area (Å²) in [5, 5.41) is 0.